The van der Waals surface area contributed by atoms with E-state index >= 15 is 0 Å². The van der Waals surface area contributed by atoms with E-state index in [1.807, 2.05) is 36.4 Å². The summed E-state index contributed by atoms with van der Waals surface area (Å²) in [6.07, 6.45) is 13.2. The van der Waals surface area contributed by atoms with Crippen LogP contribution in [0.5, 0.6) is 0 Å². The summed E-state index contributed by atoms with van der Waals surface area (Å²) < 4.78 is 0. The normalized spacial score (nSPS) is 14.2. The fourth-order valence-corrected chi connectivity index (χ4v) is 4.22. The fraction of sp³-hybridized carbons (Fsp3) is 0.346. The molecule has 160 valence electrons. The number of nitrogens with one attached hydrogen (secondary N) is 2. The standard InChI is InChI=1S/C26H30N4O/c31-26(30-18-21-9-6-15-27-17-21)22-12-13-25(29-19-22)23-10-4-5-11-24(23)28-16-14-20-7-2-1-3-8-20/h4-6,9-13,15,17,19-20,28H,1-3,7-8,14,16,18H2,(H,30,31). The molecule has 1 amide bonds. The van der Waals surface area contributed by atoms with Crippen LogP contribution in [0.4, 0.5) is 5.69 Å². The summed E-state index contributed by atoms with van der Waals surface area (Å²) in [4.78, 5) is 21.1. The smallest absolute Gasteiger partial charge is 0.253 e. The predicted molar refractivity (Wildman–Crippen MR) is 125 cm³/mol. The first-order valence-corrected chi connectivity index (χ1v) is 11.3. The number of para-hydroxylation sites is 1. The highest BCUT2D eigenvalue weighted by Crippen LogP contribution is 2.29. The monoisotopic (exact) mass is 414 g/mol. The molecule has 0 aliphatic heterocycles. The zero-order valence-corrected chi connectivity index (χ0v) is 17.9. The van der Waals surface area contributed by atoms with Gasteiger partial charge in [-0.25, -0.2) is 0 Å². The first-order valence-electron chi connectivity index (χ1n) is 11.3. The lowest BCUT2D eigenvalue weighted by atomic mass is 9.87. The maximum atomic E-state index is 12.4. The van der Waals surface area contributed by atoms with Gasteiger partial charge in [-0.15, -0.1) is 0 Å². The number of nitrogens with zero attached hydrogens (tertiary/aromatic N) is 2. The summed E-state index contributed by atoms with van der Waals surface area (Å²) in [6.45, 7) is 1.43. The average molecular weight is 415 g/mol. The van der Waals surface area contributed by atoms with Crippen LogP contribution in [0.3, 0.4) is 0 Å². The zero-order chi connectivity index (χ0) is 21.3. The lowest BCUT2D eigenvalue weighted by Crippen LogP contribution is -2.22. The van der Waals surface area contributed by atoms with Gasteiger partial charge in [-0.1, -0.05) is 56.4 Å². The molecule has 1 aliphatic rings. The number of hydrogen-bond acceptors (Lipinski definition) is 4. The number of amides is 1. The summed E-state index contributed by atoms with van der Waals surface area (Å²) in [7, 11) is 0. The number of aromatic nitrogens is 2. The van der Waals surface area contributed by atoms with Crippen LogP contribution in [0, 0.1) is 5.92 Å². The second kappa shape index (κ2) is 10.7. The van der Waals surface area contributed by atoms with Crippen LogP contribution < -0.4 is 10.6 Å². The van der Waals surface area contributed by atoms with Crippen LogP contribution in [0.25, 0.3) is 11.3 Å². The highest BCUT2D eigenvalue weighted by atomic mass is 16.1. The van der Waals surface area contributed by atoms with Crippen molar-refractivity contribution in [1.82, 2.24) is 15.3 Å². The van der Waals surface area contributed by atoms with Crippen LogP contribution in [-0.2, 0) is 6.54 Å². The molecule has 0 unspecified atom stereocenters. The van der Waals surface area contributed by atoms with Gasteiger partial charge in [-0.2, -0.15) is 0 Å². The van der Waals surface area contributed by atoms with Gasteiger partial charge in [0.25, 0.3) is 5.91 Å². The molecule has 1 aliphatic carbocycles. The Balaban J connectivity index is 1.36. The minimum absolute atomic E-state index is 0.137. The van der Waals surface area contributed by atoms with Crippen molar-refractivity contribution in [1.29, 1.82) is 0 Å². The van der Waals surface area contributed by atoms with E-state index in [4.69, 9.17) is 0 Å². The number of carbonyl (C=O) groups excluding carboxylic acids is 1. The summed E-state index contributed by atoms with van der Waals surface area (Å²) in [5, 5.41) is 6.52. The number of rotatable bonds is 8. The molecule has 2 N–H and O–H groups in total. The van der Waals surface area contributed by atoms with E-state index < -0.39 is 0 Å². The molecule has 0 atom stereocenters. The van der Waals surface area contributed by atoms with E-state index in [0.717, 1.165) is 35.0 Å². The fourth-order valence-electron chi connectivity index (χ4n) is 4.22. The topological polar surface area (TPSA) is 66.9 Å². The molecule has 0 spiro atoms. The third-order valence-corrected chi connectivity index (χ3v) is 6.00. The summed E-state index contributed by atoms with van der Waals surface area (Å²) in [6, 6.07) is 15.8. The minimum atomic E-state index is -0.137. The Morgan fingerprint density at radius 3 is 2.61 bits per heavy atom. The molecular formula is C26H30N4O. The van der Waals surface area contributed by atoms with Gasteiger partial charge >= 0.3 is 0 Å². The minimum Gasteiger partial charge on any atom is -0.384 e. The van der Waals surface area contributed by atoms with Crippen LogP contribution >= 0.6 is 0 Å². The molecule has 0 bridgehead atoms. The van der Waals surface area contributed by atoms with E-state index in [0.29, 0.717) is 12.1 Å². The Labute approximate surface area is 184 Å². The number of carbonyl (C=O) groups is 1. The van der Waals surface area contributed by atoms with Crippen molar-refractivity contribution in [2.75, 3.05) is 11.9 Å². The number of pyridine rings is 2. The Hall–Kier alpha value is -3.21. The van der Waals surface area contributed by atoms with Gasteiger partial charge in [-0.3, -0.25) is 14.8 Å². The molecule has 2 heterocycles. The van der Waals surface area contributed by atoms with Crippen molar-refractivity contribution in [2.45, 2.75) is 45.1 Å². The second-order valence-corrected chi connectivity index (χ2v) is 8.24. The Morgan fingerprint density at radius 1 is 0.968 bits per heavy atom. The van der Waals surface area contributed by atoms with Gasteiger partial charge in [0.2, 0.25) is 0 Å². The van der Waals surface area contributed by atoms with Crippen molar-refractivity contribution in [3.8, 4) is 11.3 Å². The number of hydrogen-bond donors (Lipinski definition) is 2. The second-order valence-electron chi connectivity index (χ2n) is 8.24. The van der Waals surface area contributed by atoms with Crippen molar-refractivity contribution in [2.24, 2.45) is 5.92 Å². The van der Waals surface area contributed by atoms with Gasteiger partial charge < -0.3 is 10.6 Å². The molecule has 0 radical (unpaired) electrons. The molecule has 1 saturated carbocycles. The largest absolute Gasteiger partial charge is 0.384 e. The molecule has 31 heavy (non-hydrogen) atoms. The molecule has 5 heteroatoms. The van der Waals surface area contributed by atoms with E-state index in [1.165, 1.54) is 38.5 Å². The maximum Gasteiger partial charge on any atom is 0.253 e. The molecule has 4 rings (SSSR count). The highest BCUT2D eigenvalue weighted by Gasteiger charge is 2.14. The van der Waals surface area contributed by atoms with E-state index in [-0.39, 0.29) is 5.91 Å². The van der Waals surface area contributed by atoms with Crippen LogP contribution in [0.1, 0.15) is 54.4 Å². The van der Waals surface area contributed by atoms with E-state index in [9.17, 15) is 4.79 Å². The lowest BCUT2D eigenvalue weighted by molar-refractivity contribution is 0.0950. The van der Waals surface area contributed by atoms with Crippen molar-refractivity contribution < 1.29 is 4.79 Å². The first-order chi connectivity index (χ1) is 15.3. The van der Waals surface area contributed by atoms with Crippen molar-refractivity contribution in [3.05, 3.63) is 78.2 Å². The SMILES string of the molecule is O=C(NCc1cccnc1)c1ccc(-c2ccccc2NCCC2CCCCC2)nc1. The highest BCUT2D eigenvalue weighted by molar-refractivity contribution is 5.94. The van der Waals surface area contributed by atoms with Crippen LogP contribution in [-0.4, -0.2) is 22.4 Å². The molecule has 5 nitrogen and oxygen atoms in total. The lowest BCUT2D eigenvalue weighted by Gasteiger charge is -2.22. The van der Waals surface area contributed by atoms with Crippen molar-refractivity contribution in [3.63, 3.8) is 0 Å². The third kappa shape index (κ3) is 5.91. The van der Waals surface area contributed by atoms with E-state index in [1.54, 1.807) is 18.6 Å². The Kier molecular flexibility index (Phi) is 7.27. The predicted octanol–water partition coefficient (Wildman–Crippen LogP) is 5.46. The van der Waals surface area contributed by atoms with Gasteiger partial charge in [0.15, 0.2) is 0 Å². The molecular weight excluding hydrogens is 384 g/mol. The maximum absolute atomic E-state index is 12.4. The number of benzene rings is 1. The molecule has 1 aromatic carbocycles. The zero-order valence-electron chi connectivity index (χ0n) is 17.9. The quantitative estimate of drug-likeness (QED) is 0.514. The molecule has 2 aromatic heterocycles. The Bertz CT molecular complexity index is 966. The first kappa shape index (κ1) is 21.0. The van der Waals surface area contributed by atoms with Gasteiger partial charge in [-0.05, 0) is 42.2 Å². The van der Waals surface area contributed by atoms with Gasteiger partial charge in [0.1, 0.15) is 0 Å². The summed E-state index contributed by atoms with van der Waals surface area (Å²) in [5.41, 5.74) is 4.54. The van der Waals surface area contributed by atoms with Crippen molar-refractivity contribution >= 4 is 11.6 Å². The summed E-state index contributed by atoms with van der Waals surface area (Å²) >= 11 is 0. The average Bonchev–Trinajstić information content (AvgIpc) is 2.84. The molecule has 1 fully saturated rings. The summed E-state index contributed by atoms with van der Waals surface area (Å²) in [5.74, 6) is 0.720. The number of anilines is 1. The van der Waals surface area contributed by atoms with E-state index in [2.05, 4.69) is 32.7 Å². The molecule has 0 saturated heterocycles. The van der Waals surface area contributed by atoms with Gasteiger partial charge in [0.05, 0.1) is 11.3 Å². The molecule has 3 aromatic rings. The van der Waals surface area contributed by atoms with Crippen LogP contribution in [0.2, 0.25) is 0 Å². The Morgan fingerprint density at radius 2 is 1.84 bits per heavy atom. The third-order valence-electron chi connectivity index (χ3n) is 6.00. The van der Waals surface area contributed by atoms with Gasteiger partial charge in [0, 0.05) is 42.9 Å². The van der Waals surface area contributed by atoms with Crippen LogP contribution in [0.15, 0.2) is 67.1 Å².